The van der Waals surface area contributed by atoms with Gasteiger partial charge in [-0.3, -0.25) is 0 Å². The Labute approximate surface area is 161 Å². The SMILES string of the molecule is O=C(OCCSc1ccc(Cl)cc1)c1ccc(-c2ccc(O)cc2)cc1. The van der Waals surface area contributed by atoms with Crippen molar-refractivity contribution in [2.45, 2.75) is 4.90 Å². The fourth-order valence-corrected chi connectivity index (χ4v) is 3.22. The maximum Gasteiger partial charge on any atom is 0.338 e. The smallest absolute Gasteiger partial charge is 0.338 e. The summed E-state index contributed by atoms with van der Waals surface area (Å²) in [6.07, 6.45) is 0. The van der Waals surface area contributed by atoms with Crippen molar-refractivity contribution in [3.8, 4) is 16.9 Å². The van der Waals surface area contributed by atoms with Gasteiger partial charge in [0.05, 0.1) is 5.56 Å². The predicted molar refractivity (Wildman–Crippen MR) is 106 cm³/mol. The zero-order valence-corrected chi connectivity index (χ0v) is 15.5. The monoisotopic (exact) mass is 384 g/mol. The number of hydrogen-bond acceptors (Lipinski definition) is 4. The maximum absolute atomic E-state index is 12.1. The van der Waals surface area contributed by atoms with Crippen LogP contribution in [0.2, 0.25) is 5.02 Å². The molecule has 0 saturated heterocycles. The van der Waals surface area contributed by atoms with Gasteiger partial charge in [0.1, 0.15) is 12.4 Å². The summed E-state index contributed by atoms with van der Waals surface area (Å²) in [6.45, 7) is 0.339. The predicted octanol–water partition coefficient (Wildman–Crippen LogP) is 5.66. The number of benzene rings is 3. The van der Waals surface area contributed by atoms with E-state index in [-0.39, 0.29) is 11.7 Å². The van der Waals surface area contributed by atoms with E-state index in [4.69, 9.17) is 16.3 Å². The number of phenolic OH excluding ortho intramolecular Hbond substituents is 1. The van der Waals surface area contributed by atoms with Crippen molar-refractivity contribution in [2.24, 2.45) is 0 Å². The summed E-state index contributed by atoms with van der Waals surface area (Å²) >= 11 is 7.46. The maximum atomic E-state index is 12.1. The average molecular weight is 385 g/mol. The van der Waals surface area contributed by atoms with Gasteiger partial charge in [0.2, 0.25) is 0 Å². The number of carbonyl (C=O) groups is 1. The molecule has 0 fully saturated rings. The van der Waals surface area contributed by atoms with Crippen molar-refractivity contribution in [1.82, 2.24) is 0 Å². The molecule has 3 nitrogen and oxygen atoms in total. The molecule has 0 atom stereocenters. The van der Waals surface area contributed by atoms with E-state index in [9.17, 15) is 9.90 Å². The highest BCUT2D eigenvalue weighted by Gasteiger charge is 2.07. The molecule has 0 spiro atoms. The minimum atomic E-state index is -0.334. The molecule has 26 heavy (non-hydrogen) atoms. The van der Waals surface area contributed by atoms with Crippen LogP contribution in [0.15, 0.2) is 77.7 Å². The molecule has 0 unspecified atom stereocenters. The summed E-state index contributed by atoms with van der Waals surface area (Å²) in [4.78, 5) is 13.2. The van der Waals surface area contributed by atoms with Crippen LogP contribution < -0.4 is 0 Å². The van der Waals surface area contributed by atoms with E-state index in [0.717, 1.165) is 16.0 Å². The average Bonchev–Trinajstić information content (AvgIpc) is 2.67. The van der Waals surface area contributed by atoms with Gasteiger partial charge in [0.25, 0.3) is 0 Å². The molecule has 0 amide bonds. The van der Waals surface area contributed by atoms with Crippen LogP contribution in [0.3, 0.4) is 0 Å². The first kappa shape index (κ1) is 18.4. The normalized spacial score (nSPS) is 10.5. The first-order chi connectivity index (χ1) is 12.6. The Morgan fingerprint density at radius 3 is 2.08 bits per heavy atom. The molecule has 0 radical (unpaired) electrons. The molecular formula is C21H17ClO3S. The van der Waals surface area contributed by atoms with E-state index in [1.54, 1.807) is 36.0 Å². The summed E-state index contributed by atoms with van der Waals surface area (Å²) in [5, 5.41) is 10.0. The van der Waals surface area contributed by atoms with Crippen LogP contribution in [0.5, 0.6) is 5.75 Å². The van der Waals surface area contributed by atoms with Crippen molar-refractivity contribution in [2.75, 3.05) is 12.4 Å². The summed E-state index contributed by atoms with van der Waals surface area (Å²) in [7, 11) is 0. The second-order valence-electron chi connectivity index (χ2n) is 5.56. The largest absolute Gasteiger partial charge is 0.508 e. The lowest BCUT2D eigenvalue weighted by atomic mass is 10.0. The van der Waals surface area contributed by atoms with Crippen LogP contribution in [0.1, 0.15) is 10.4 Å². The number of halogens is 1. The zero-order chi connectivity index (χ0) is 18.4. The lowest BCUT2D eigenvalue weighted by Crippen LogP contribution is -2.07. The molecule has 3 rings (SSSR count). The van der Waals surface area contributed by atoms with Gasteiger partial charge in [-0.15, -0.1) is 11.8 Å². The molecule has 0 aliphatic heterocycles. The summed E-state index contributed by atoms with van der Waals surface area (Å²) in [5.41, 5.74) is 2.46. The molecule has 1 N–H and O–H groups in total. The summed E-state index contributed by atoms with van der Waals surface area (Å²) < 4.78 is 5.32. The molecule has 0 bridgehead atoms. The van der Waals surface area contributed by atoms with E-state index in [1.807, 2.05) is 48.5 Å². The molecule has 5 heteroatoms. The number of esters is 1. The molecule has 0 heterocycles. The molecular weight excluding hydrogens is 368 g/mol. The highest BCUT2D eigenvalue weighted by atomic mass is 35.5. The quantitative estimate of drug-likeness (QED) is 0.338. The number of ether oxygens (including phenoxy) is 1. The Balaban J connectivity index is 1.50. The van der Waals surface area contributed by atoms with Crippen LogP contribution in [-0.2, 0) is 4.74 Å². The molecule has 0 saturated carbocycles. The second kappa shape index (κ2) is 8.79. The van der Waals surface area contributed by atoms with Gasteiger partial charge in [0.15, 0.2) is 0 Å². The van der Waals surface area contributed by atoms with Crippen LogP contribution in [0.4, 0.5) is 0 Å². The minimum Gasteiger partial charge on any atom is -0.508 e. The molecule has 132 valence electrons. The molecule has 3 aromatic rings. The van der Waals surface area contributed by atoms with Gasteiger partial charge in [-0.1, -0.05) is 35.9 Å². The van der Waals surface area contributed by atoms with Crippen molar-refractivity contribution >= 4 is 29.3 Å². The standard InChI is InChI=1S/C21H17ClO3S/c22-18-7-11-20(12-8-18)26-14-13-25-21(24)17-3-1-15(2-4-17)16-5-9-19(23)10-6-16/h1-12,23H,13-14H2. The molecule has 0 aliphatic rings. The zero-order valence-electron chi connectivity index (χ0n) is 13.9. The Kier molecular flexibility index (Phi) is 6.21. The summed E-state index contributed by atoms with van der Waals surface area (Å²) in [5.74, 6) is 0.572. The Hall–Kier alpha value is -2.43. The van der Waals surface area contributed by atoms with Crippen LogP contribution >= 0.6 is 23.4 Å². The lowest BCUT2D eigenvalue weighted by molar-refractivity contribution is 0.0530. The fourth-order valence-electron chi connectivity index (χ4n) is 2.36. The van der Waals surface area contributed by atoms with E-state index in [1.165, 1.54) is 0 Å². The third-order valence-electron chi connectivity index (χ3n) is 3.72. The van der Waals surface area contributed by atoms with Crippen LogP contribution in [-0.4, -0.2) is 23.4 Å². The Morgan fingerprint density at radius 2 is 1.46 bits per heavy atom. The van der Waals surface area contributed by atoms with Gasteiger partial charge in [-0.05, 0) is 59.7 Å². The highest BCUT2D eigenvalue weighted by Crippen LogP contribution is 2.23. The number of phenols is 1. The Morgan fingerprint density at radius 1 is 0.885 bits per heavy atom. The second-order valence-corrected chi connectivity index (χ2v) is 7.17. The number of thioether (sulfide) groups is 1. The van der Waals surface area contributed by atoms with Gasteiger partial charge in [0, 0.05) is 15.7 Å². The van der Waals surface area contributed by atoms with Gasteiger partial charge < -0.3 is 9.84 Å². The highest BCUT2D eigenvalue weighted by molar-refractivity contribution is 7.99. The molecule has 0 aliphatic carbocycles. The van der Waals surface area contributed by atoms with E-state index >= 15 is 0 Å². The van der Waals surface area contributed by atoms with Crippen molar-refractivity contribution in [1.29, 1.82) is 0 Å². The van der Waals surface area contributed by atoms with Crippen molar-refractivity contribution in [3.05, 3.63) is 83.4 Å². The third kappa shape index (κ3) is 5.04. The Bertz CT molecular complexity index is 859. The minimum absolute atomic E-state index is 0.227. The molecule has 0 aromatic heterocycles. The first-order valence-corrected chi connectivity index (χ1v) is 9.43. The topological polar surface area (TPSA) is 46.5 Å². The number of aromatic hydroxyl groups is 1. The first-order valence-electron chi connectivity index (χ1n) is 8.07. The van der Waals surface area contributed by atoms with Gasteiger partial charge in [-0.25, -0.2) is 4.79 Å². The van der Waals surface area contributed by atoms with Crippen LogP contribution in [0, 0.1) is 0 Å². The van der Waals surface area contributed by atoms with Crippen molar-refractivity contribution in [3.63, 3.8) is 0 Å². The van der Waals surface area contributed by atoms with Gasteiger partial charge >= 0.3 is 5.97 Å². The summed E-state index contributed by atoms with van der Waals surface area (Å²) in [6, 6.07) is 21.7. The van der Waals surface area contributed by atoms with E-state index < -0.39 is 0 Å². The van der Waals surface area contributed by atoms with Crippen LogP contribution in [0.25, 0.3) is 11.1 Å². The third-order valence-corrected chi connectivity index (χ3v) is 4.95. The number of hydrogen-bond donors (Lipinski definition) is 1. The molecule has 3 aromatic carbocycles. The van der Waals surface area contributed by atoms with E-state index in [2.05, 4.69) is 0 Å². The fraction of sp³-hybridized carbons (Fsp3) is 0.0952. The van der Waals surface area contributed by atoms with Gasteiger partial charge in [-0.2, -0.15) is 0 Å². The van der Waals surface area contributed by atoms with Crippen molar-refractivity contribution < 1.29 is 14.6 Å². The number of rotatable bonds is 6. The van der Waals surface area contributed by atoms with E-state index in [0.29, 0.717) is 22.9 Å². The number of carbonyl (C=O) groups excluding carboxylic acids is 1. The lowest BCUT2D eigenvalue weighted by Gasteiger charge is -2.06.